The van der Waals surface area contributed by atoms with Gasteiger partial charge < -0.3 is 20.1 Å². The van der Waals surface area contributed by atoms with Crippen LogP contribution in [0.25, 0.3) is 0 Å². The van der Waals surface area contributed by atoms with Crippen molar-refractivity contribution in [3.05, 3.63) is 30.3 Å². The number of ether oxygens (including phenoxy) is 1. The Morgan fingerprint density at radius 3 is 2.61 bits per heavy atom. The molecule has 4 nitrogen and oxygen atoms in total. The molecule has 1 saturated carbocycles. The number of aliphatic hydroxyl groups excluding tert-OH is 1. The third-order valence-corrected chi connectivity index (χ3v) is 5.35. The second-order valence-corrected chi connectivity index (χ2v) is 7.14. The van der Waals surface area contributed by atoms with Crippen LogP contribution >= 0.6 is 0 Å². The molecule has 2 aliphatic rings. The summed E-state index contributed by atoms with van der Waals surface area (Å²) in [5, 5.41) is 14.4. The highest BCUT2D eigenvalue weighted by Crippen LogP contribution is 2.28. The van der Waals surface area contributed by atoms with Crippen LogP contribution in [-0.4, -0.2) is 54.9 Å². The lowest BCUT2D eigenvalue weighted by Crippen LogP contribution is -2.48. The van der Waals surface area contributed by atoms with Crippen molar-refractivity contribution >= 4 is 0 Å². The molecule has 0 unspecified atom stereocenters. The lowest BCUT2D eigenvalue weighted by Gasteiger charge is -2.37. The van der Waals surface area contributed by atoms with Gasteiger partial charge in [0.2, 0.25) is 0 Å². The molecule has 128 valence electrons. The van der Waals surface area contributed by atoms with Crippen molar-refractivity contribution in [1.29, 1.82) is 0 Å². The number of nitrogens with zero attached hydrogens (tertiary/aromatic N) is 1. The highest BCUT2D eigenvalue weighted by Gasteiger charge is 2.33. The standard InChI is InChI=1S/C19H30N2O2/c1-21-12-10-16(11-13-21)20-14-15-6-5-9-18(19(15)22)23-17-7-3-2-4-8-17/h2-4,7-8,15-16,18-20,22H,5-6,9-14H2,1H3/t15-,18-,19-/m1/s1. The topological polar surface area (TPSA) is 44.7 Å². The minimum atomic E-state index is -0.372. The molecule has 1 aliphatic carbocycles. The predicted octanol–water partition coefficient (Wildman–Crippen LogP) is 2.28. The number of nitrogens with one attached hydrogen (secondary N) is 1. The van der Waals surface area contributed by atoms with Crippen LogP contribution in [-0.2, 0) is 0 Å². The Bertz CT molecular complexity index is 460. The Kier molecular flexibility index (Phi) is 5.92. The smallest absolute Gasteiger partial charge is 0.125 e. The van der Waals surface area contributed by atoms with Gasteiger partial charge in [-0.1, -0.05) is 18.2 Å². The van der Waals surface area contributed by atoms with Gasteiger partial charge in [-0.15, -0.1) is 0 Å². The third-order valence-electron chi connectivity index (χ3n) is 5.35. The number of aliphatic hydroxyl groups is 1. The summed E-state index contributed by atoms with van der Waals surface area (Å²) in [6, 6.07) is 10.5. The average Bonchev–Trinajstić information content (AvgIpc) is 2.58. The number of rotatable bonds is 5. The van der Waals surface area contributed by atoms with Crippen LogP contribution in [0, 0.1) is 5.92 Å². The molecule has 1 heterocycles. The van der Waals surface area contributed by atoms with Gasteiger partial charge in [-0.3, -0.25) is 0 Å². The number of benzene rings is 1. The van der Waals surface area contributed by atoms with E-state index < -0.39 is 0 Å². The van der Waals surface area contributed by atoms with Crippen LogP contribution in [0.15, 0.2) is 30.3 Å². The van der Waals surface area contributed by atoms with Gasteiger partial charge in [0, 0.05) is 18.5 Å². The molecule has 2 fully saturated rings. The molecular formula is C19H30N2O2. The summed E-state index contributed by atoms with van der Waals surface area (Å²) in [6.45, 7) is 3.25. The Morgan fingerprint density at radius 1 is 1.13 bits per heavy atom. The molecule has 1 aliphatic heterocycles. The van der Waals surface area contributed by atoms with Gasteiger partial charge >= 0.3 is 0 Å². The second-order valence-electron chi connectivity index (χ2n) is 7.14. The third kappa shape index (κ3) is 4.69. The first kappa shape index (κ1) is 16.7. The largest absolute Gasteiger partial charge is 0.488 e. The van der Waals surface area contributed by atoms with E-state index in [2.05, 4.69) is 17.3 Å². The maximum atomic E-state index is 10.7. The average molecular weight is 318 g/mol. The number of hydrogen-bond donors (Lipinski definition) is 2. The van der Waals surface area contributed by atoms with Crippen LogP contribution in [0.3, 0.4) is 0 Å². The number of hydrogen-bond acceptors (Lipinski definition) is 4. The first-order valence-corrected chi connectivity index (χ1v) is 9.04. The molecule has 0 amide bonds. The molecule has 1 aromatic carbocycles. The van der Waals surface area contributed by atoms with Crippen molar-refractivity contribution in [1.82, 2.24) is 10.2 Å². The van der Waals surface area contributed by atoms with Gasteiger partial charge in [0.05, 0.1) is 6.10 Å². The van der Waals surface area contributed by atoms with Crippen LogP contribution < -0.4 is 10.1 Å². The van der Waals surface area contributed by atoms with Gasteiger partial charge in [0.25, 0.3) is 0 Å². The zero-order valence-electron chi connectivity index (χ0n) is 14.2. The Hall–Kier alpha value is -1.10. The maximum Gasteiger partial charge on any atom is 0.125 e. The van der Waals surface area contributed by atoms with E-state index in [0.717, 1.165) is 31.6 Å². The van der Waals surface area contributed by atoms with E-state index >= 15 is 0 Å². The van der Waals surface area contributed by atoms with E-state index in [9.17, 15) is 5.11 Å². The van der Waals surface area contributed by atoms with Crippen molar-refractivity contribution in [2.24, 2.45) is 5.92 Å². The number of piperidine rings is 1. The van der Waals surface area contributed by atoms with Crippen LogP contribution in [0.4, 0.5) is 0 Å². The fraction of sp³-hybridized carbons (Fsp3) is 0.684. The number of para-hydroxylation sites is 1. The van der Waals surface area contributed by atoms with E-state index in [-0.39, 0.29) is 12.2 Å². The fourth-order valence-electron chi connectivity index (χ4n) is 3.78. The van der Waals surface area contributed by atoms with E-state index in [4.69, 9.17) is 4.74 Å². The van der Waals surface area contributed by atoms with Gasteiger partial charge in [-0.2, -0.15) is 0 Å². The van der Waals surface area contributed by atoms with Gasteiger partial charge in [-0.05, 0) is 64.4 Å². The lowest BCUT2D eigenvalue weighted by molar-refractivity contribution is -0.0315. The summed E-state index contributed by atoms with van der Waals surface area (Å²) in [5.41, 5.74) is 0. The van der Waals surface area contributed by atoms with E-state index in [1.165, 1.54) is 25.9 Å². The van der Waals surface area contributed by atoms with Crippen molar-refractivity contribution in [2.45, 2.75) is 50.4 Å². The molecule has 0 radical (unpaired) electrons. The Morgan fingerprint density at radius 2 is 1.87 bits per heavy atom. The van der Waals surface area contributed by atoms with Crippen molar-refractivity contribution in [3.8, 4) is 5.75 Å². The summed E-state index contributed by atoms with van der Waals surface area (Å²) in [4.78, 5) is 2.39. The SMILES string of the molecule is CN1CCC(NC[C@H]2CCC[C@@H](Oc3ccccc3)[C@@H]2O)CC1. The predicted molar refractivity (Wildman–Crippen MR) is 92.7 cm³/mol. The molecule has 1 saturated heterocycles. The fourth-order valence-corrected chi connectivity index (χ4v) is 3.78. The first-order valence-electron chi connectivity index (χ1n) is 9.04. The molecule has 3 rings (SSSR count). The molecule has 0 spiro atoms. The molecule has 2 N–H and O–H groups in total. The van der Waals surface area contributed by atoms with E-state index in [0.29, 0.717) is 12.0 Å². The zero-order chi connectivity index (χ0) is 16.1. The van der Waals surface area contributed by atoms with Gasteiger partial charge in [-0.25, -0.2) is 0 Å². The summed E-state index contributed by atoms with van der Waals surface area (Å²) in [5.74, 6) is 1.16. The second kappa shape index (κ2) is 8.13. The molecule has 23 heavy (non-hydrogen) atoms. The van der Waals surface area contributed by atoms with E-state index in [1.54, 1.807) is 0 Å². The molecule has 3 atom stereocenters. The summed E-state index contributed by atoms with van der Waals surface area (Å²) in [7, 11) is 2.19. The maximum absolute atomic E-state index is 10.7. The summed E-state index contributed by atoms with van der Waals surface area (Å²) >= 11 is 0. The number of likely N-dealkylation sites (tertiary alicyclic amines) is 1. The molecule has 0 bridgehead atoms. The molecule has 0 aromatic heterocycles. The quantitative estimate of drug-likeness (QED) is 0.874. The minimum absolute atomic E-state index is 0.0737. The van der Waals surface area contributed by atoms with Gasteiger partial charge in [0.1, 0.15) is 11.9 Å². The summed E-state index contributed by atoms with van der Waals surface area (Å²) in [6.07, 6.45) is 5.15. The molecular weight excluding hydrogens is 288 g/mol. The monoisotopic (exact) mass is 318 g/mol. The van der Waals surface area contributed by atoms with Crippen LogP contribution in [0.5, 0.6) is 5.75 Å². The van der Waals surface area contributed by atoms with Crippen LogP contribution in [0.1, 0.15) is 32.1 Å². The molecule has 1 aromatic rings. The van der Waals surface area contributed by atoms with E-state index in [1.807, 2.05) is 30.3 Å². The van der Waals surface area contributed by atoms with Crippen LogP contribution in [0.2, 0.25) is 0 Å². The van der Waals surface area contributed by atoms with Crippen molar-refractivity contribution < 1.29 is 9.84 Å². The van der Waals surface area contributed by atoms with Crippen molar-refractivity contribution in [3.63, 3.8) is 0 Å². The van der Waals surface area contributed by atoms with Gasteiger partial charge in [0.15, 0.2) is 0 Å². The highest BCUT2D eigenvalue weighted by atomic mass is 16.5. The highest BCUT2D eigenvalue weighted by molar-refractivity contribution is 5.21. The summed E-state index contributed by atoms with van der Waals surface area (Å²) < 4.78 is 6.02. The molecule has 4 heteroatoms. The minimum Gasteiger partial charge on any atom is -0.488 e. The lowest BCUT2D eigenvalue weighted by atomic mass is 9.84. The Balaban J connectivity index is 1.48. The Labute approximate surface area is 139 Å². The first-order chi connectivity index (χ1) is 11.2. The normalized spacial score (nSPS) is 30.3. The zero-order valence-corrected chi connectivity index (χ0v) is 14.2. The van der Waals surface area contributed by atoms with Crippen molar-refractivity contribution in [2.75, 3.05) is 26.7 Å².